The number of amides is 1. The fourth-order valence-electron chi connectivity index (χ4n) is 4.88. The van der Waals surface area contributed by atoms with E-state index in [9.17, 15) is 9.90 Å². The number of carbonyl (C=O) groups excluding carboxylic acids is 1. The third-order valence-electron chi connectivity index (χ3n) is 7.84. The molecular weight excluding hydrogens is 396 g/mol. The Balaban J connectivity index is 1.94. The number of hydrogen-bond acceptors (Lipinski definition) is 3. The van der Waals surface area contributed by atoms with Gasteiger partial charge in [-0.3, -0.25) is 4.79 Å². The van der Waals surface area contributed by atoms with Crippen LogP contribution in [0.1, 0.15) is 59.8 Å². The zero-order valence-corrected chi connectivity index (χ0v) is 20.0. The van der Waals surface area contributed by atoms with Gasteiger partial charge in [0.25, 0.3) is 5.91 Å². The summed E-state index contributed by atoms with van der Waals surface area (Å²) in [6.45, 7) is 17.7. The highest BCUT2D eigenvalue weighted by atomic mass is 35.5. The molecule has 30 heavy (non-hydrogen) atoms. The van der Waals surface area contributed by atoms with Crippen LogP contribution in [-0.4, -0.2) is 46.5 Å². The summed E-state index contributed by atoms with van der Waals surface area (Å²) in [5, 5.41) is 10.6. The molecule has 0 aromatic rings. The van der Waals surface area contributed by atoms with Crippen molar-refractivity contribution in [3.63, 3.8) is 0 Å². The first-order valence-corrected chi connectivity index (χ1v) is 11.9. The first-order chi connectivity index (χ1) is 14.0. The Kier molecular flexibility index (Phi) is 8.79. The second-order valence-electron chi connectivity index (χ2n) is 9.73. The van der Waals surface area contributed by atoms with E-state index in [0.29, 0.717) is 30.5 Å². The number of nitrogens with zero attached hydrogens (tertiary/aromatic N) is 1. The number of aliphatic hydroxyl groups excluding tert-OH is 1. The standard InChI is InChI=1S/C25H41ClN2O2/c1-7-25(6,8-2)18(5)13-17(4)24(30)28-11-9-19(10-12-28)23(27)20-15-21(26)16(3)14-22(20)29/h7,13,16,19-23,29H,1,4,8-12,14-15,27H2,2-3,5-6H3/b18-13-. The largest absolute Gasteiger partial charge is 0.393 e. The van der Waals surface area contributed by atoms with Gasteiger partial charge >= 0.3 is 0 Å². The number of rotatable bonds is 7. The number of allylic oxidation sites excluding steroid dienone is 2. The van der Waals surface area contributed by atoms with Crippen molar-refractivity contribution in [2.24, 2.45) is 28.9 Å². The molecule has 5 heteroatoms. The molecule has 0 bridgehead atoms. The molecule has 1 aliphatic heterocycles. The molecule has 1 amide bonds. The normalized spacial score (nSPS) is 31.7. The molecule has 6 unspecified atom stereocenters. The zero-order valence-electron chi connectivity index (χ0n) is 19.2. The summed E-state index contributed by atoms with van der Waals surface area (Å²) in [6, 6.07) is -0.0748. The Morgan fingerprint density at radius 1 is 1.37 bits per heavy atom. The van der Waals surface area contributed by atoms with Gasteiger partial charge in [-0.2, -0.15) is 0 Å². The summed E-state index contributed by atoms with van der Waals surface area (Å²) < 4.78 is 0. The molecule has 6 atom stereocenters. The highest BCUT2D eigenvalue weighted by molar-refractivity contribution is 6.20. The minimum Gasteiger partial charge on any atom is -0.393 e. The van der Waals surface area contributed by atoms with Crippen molar-refractivity contribution in [3.05, 3.63) is 36.5 Å². The van der Waals surface area contributed by atoms with Gasteiger partial charge in [0, 0.05) is 41.4 Å². The van der Waals surface area contributed by atoms with E-state index in [1.807, 2.05) is 24.0 Å². The quantitative estimate of drug-likeness (QED) is 0.263. The molecule has 2 rings (SSSR count). The molecule has 4 nitrogen and oxygen atoms in total. The third-order valence-corrected chi connectivity index (χ3v) is 8.45. The van der Waals surface area contributed by atoms with Crippen LogP contribution in [0.25, 0.3) is 0 Å². The van der Waals surface area contributed by atoms with Gasteiger partial charge in [-0.25, -0.2) is 0 Å². The first-order valence-electron chi connectivity index (χ1n) is 11.4. The lowest BCUT2D eigenvalue weighted by Crippen LogP contribution is -2.51. The van der Waals surface area contributed by atoms with Crippen molar-refractivity contribution in [1.29, 1.82) is 0 Å². The van der Waals surface area contributed by atoms with Crippen LogP contribution >= 0.6 is 11.6 Å². The van der Waals surface area contributed by atoms with Crippen molar-refractivity contribution < 1.29 is 9.90 Å². The lowest BCUT2D eigenvalue weighted by molar-refractivity contribution is -0.128. The van der Waals surface area contributed by atoms with Gasteiger partial charge in [-0.05, 0) is 50.9 Å². The zero-order chi connectivity index (χ0) is 22.6. The highest BCUT2D eigenvalue weighted by Crippen LogP contribution is 2.38. The Bertz CT molecular complexity index is 668. The maximum atomic E-state index is 12.9. The van der Waals surface area contributed by atoms with Gasteiger partial charge in [-0.15, -0.1) is 18.2 Å². The number of nitrogens with two attached hydrogens (primary N) is 1. The average molecular weight is 437 g/mol. The van der Waals surface area contributed by atoms with Crippen molar-refractivity contribution in [3.8, 4) is 0 Å². The van der Waals surface area contributed by atoms with Crippen molar-refractivity contribution >= 4 is 17.5 Å². The number of carbonyl (C=O) groups is 1. The summed E-state index contributed by atoms with van der Waals surface area (Å²) in [5.74, 6) is 0.668. The van der Waals surface area contributed by atoms with Gasteiger partial charge in [0.15, 0.2) is 0 Å². The average Bonchev–Trinajstić information content (AvgIpc) is 2.74. The maximum absolute atomic E-state index is 12.9. The summed E-state index contributed by atoms with van der Waals surface area (Å²) in [4.78, 5) is 14.8. The molecule has 0 radical (unpaired) electrons. The molecule has 2 aliphatic rings. The van der Waals surface area contributed by atoms with Crippen molar-refractivity contribution in [1.82, 2.24) is 4.90 Å². The molecule has 1 saturated heterocycles. The SMILES string of the molecule is C=CC(C)(CC)/C(C)=C\C(=C)C(=O)N1CCC(C(N)C2CC(Cl)C(C)CC2O)CC1. The molecule has 3 N–H and O–H groups in total. The lowest BCUT2D eigenvalue weighted by Gasteiger charge is -2.43. The van der Waals surface area contributed by atoms with Crippen LogP contribution in [0.3, 0.4) is 0 Å². The molecule has 0 aromatic carbocycles. The van der Waals surface area contributed by atoms with Crippen LogP contribution in [0.4, 0.5) is 0 Å². The van der Waals surface area contributed by atoms with Crippen molar-refractivity contribution in [2.45, 2.75) is 77.3 Å². The van der Waals surface area contributed by atoms with E-state index in [1.54, 1.807) is 0 Å². The molecule has 1 aliphatic carbocycles. The first kappa shape index (κ1) is 25.2. The number of halogens is 1. The van der Waals surface area contributed by atoms with Crippen molar-refractivity contribution in [2.75, 3.05) is 13.1 Å². The number of piperidine rings is 1. The summed E-state index contributed by atoms with van der Waals surface area (Å²) in [5.41, 5.74) is 8.09. The van der Waals surface area contributed by atoms with E-state index in [-0.39, 0.29) is 34.8 Å². The van der Waals surface area contributed by atoms with Crippen LogP contribution in [0.15, 0.2) is 36.5 Å². The Morgan fingerprint density at radius 3 is 2.50 bits per heavy atom. The summed E-state index contributed by atoms with van der Waals surface area (Å²) in [6.07, 6.45) is 7.60. The van der Waals surface area contributed by atoms with E-state index in [2.05, 4.69) is 33.9 Å². The third kappa shape index (κ3) is 5.57. The number of likely N-dealkylation sites (tertiary alicyclic amines) is 1. The van der Waals surface area contributed by atoms with Crippen LogP contribution in [0.5, 0.6) is 0 Å². The van der Waals surface area contributed by atoms with E-state index in [0.717, 1.165) is 37.7 Å². The van der Waals surface area contributed by atoms with Crippen LogP contribution in [0, 0.1) is 23.2 Å². The van der Waals surface area contributed by atoms with Gasteiger partial charge in [0.1, 0.15) is 0 Å². The Hall–Kier alpha value is -1.10. The fourth-order valence-corrected chi connectivity index (χ4v) is 5.19. The predicted octanol–water partition coefficient (Wildman–Crippen LogP) is 4.67. The molecule has 170 valence electrons. The fraction of sp³-hybridized carbons (Fsp3) is 0.720. The number of aliphatic hydroxyl groups is 1. The second kappa shape index (κ2) is 10.5. The van der Waals surface area contributed by atoms with E-state index >= 15 is 0 Å². The monoisotopic (exact) mass is 436 g/mol. The number of alkyl halides is 1. The number of hydrogen-bond donors (Lipinski definition) is 2. The van der Waals surface area contributed by atoms with Gasteiger partial charge in [0.05, 0.1) is 6.10 Å². The van der Waals surface area contributed by atoms with Gasteiger partial charge in [0.2, 0.25) is 0 Å². The van der Waals surface area contributed by atoms with E-state index in [4.69, 9.17) is 17.3 Å². The lowest BCUT2D eigenvalue weighted by atomic mass is 9.72. The van der Waals surface area contributed by atoms with Crippen LogP contribution in [-0.2, 0) is 4.79 Å². The van der Waals surface area contributed by atoms with E-state index in [1.165, 1.54) is 0 Å². The van der Waals surface area contributed by atoms with Gasteiger partial charge in [-0.1, -0.05) is 45.1 Å². The highest BCUT2D eigenvalue weighted by Gasteiger charge is 2.40. The second-order valence-corrected chi connectivity index (χ2v) is 10.3. The smallest absolute Gasteiger partial charge is 0.253 e. The molecular formula is C25H41ClN2O2. The molecule has 1 heterocycles. The summed E-state index contributed by atoms with van der Waals surface area (Å²) in [7, 11) is 0. The maximum Gasteiger partial charge on any atom is 0.253 e. The van der Waals surface area contributed by atoms with E-state index < -0.39 is 0 Å². The van der Waals surface area contributed by atoms with Gasteiger partial charge < -0.3 is 15.7 Å². The molecule has 0 spiro atoms. The summed E-state index contributed by atoms with van der Waals surface area (Å²) >= 11 is 6.46. The minimum atomic E-state index is -0.379. The molecule has 0 aromatic heterocycles. The Morgan fingerprint density at radius 2 is 1.97 bits per heavy atom. The minimum absolute atomic E-state index is 0.00349. The Labute approximate surface area is 188 Å². The van der Waals surface area contributed by atoms with Crippen LogP contribution < -0.4 is 5.73 Å². The van der Waals surface area contributed by atoms with Crippen LogP contribution in [0.2, 0.25) is 0 Å². The molecule has 2 fully saturated rings. The molecule has 1 saturated carbocycles. The topological polar surface area (TPSA) is 66.6 Å². The predicted molar refractivity (Wildman–Crippen MR) is 126 cm³/mol.